The number of rotatable bonds is 8. The van der Waals surface area contributed by atoms with Crippen LogP contribution in [0.3, 0.4) is 0 Å². The highest BCUT2D eigenvalue weighted by molar-refractivity contribution is 6.30. The van der Waals surface area contributed by atoms with E-state index in [0.29, 0.717) is 45.5 Å². The lowest BCUT2D eigenvalue weighted by Crippen LogP contribution is -2.41. The summed E-state index contributed by atoms with van der Waals surface area (Å²) < 4.78 is 97.0. The number of nitrogens with two attached hydrogens (primary N) is 1. The molecule has 1 aromatic heterocycles. The maximum Gasteiger partial charge on any atom is 0.573 e. The quantitative estimate of drug-likeness (QED) is 0.196. The van der Waals surface area contributed by atoms with Crippen LogP contribution in [0.25, 0.3) is 11.1 Å². The highest BCUT2D eigenvalue weighted by atomic mass is 35.5. The number of aryl methyl sites for hydroxylation is 1. The number of nitrogen functional groups attached to an aromatic ring is 1. The standard InChI is InChI=1S/C31H32ClF6N5O4/c1-3-45-27(44)22-15-29(16-40-22)8-10-43(11-9-29)24-14-25(42-28(39)41-24)46-26(30(33,34)35)20-6-5-19(32)13-21(20)18-4-7-23(17(2)12-18)47-31(36,37)38/h4-7,12-14,22,26,40H,3,8-11,15-16H2,1-2H3,(H2,39,41,42)/t22-,26?/m0/s1. The molecule has 1 unspecified atom stereocenters. The number of halogens is 7. The molecule has 2 fully saturated rings. The molecule has 2 aliphatic rings. The monoisotopic (exact) mass is 687 g/mol. The molecule has 0 aliphatic carbocycles. The number of alkyl halides is 6. The van der Waals surface area contributed by atoms with Crippen LogP contribution in [0.1, 0.15) is 43.4 Å². The van der Waals surface area contributed by atoms with E-state index in [1.165, 1.54) is 37.3 Å². The molecule has 2 aliphatic heterocycles. The van der Waals surface area contributed by atoms with E-state index >= 15 is 0 Å². The van der Waals surface area contributed by atoms with Crippen LogP contribution in [-0.2, 0) is 9.53 Å². The van der Waals surface area contributed by atoms with Gasteiger partial charge in [-0.1, -0.05) is 23.7 Å². The number of aromatic nitrogens is 2. The van der Waals surface area contributed by atoms with E-state index in [2.05, 4.69) is 20.0 Å². The molecule has 0 radical (unpaired) electrons. The van der Waals surface area contributed by atoms with Gasteiger partial charge in [0.15, 0.2) is 0 Å². The largest absolute Gasteiger partial charge is 0.573 e. The van der Waals surface area contributed by atoms with E-state index in [1.807, 2.05) is 4.90 Å². The van der Waals surface area contributed by atoms with Crippen LogP contribution < -0.4 is 25.4 Å². The number of hydrogen-bond donors (Lipinski definition) is 2. The summed E-state index contributed by atoms with van der Waals surface area (Å²) in [5.41, 5.74) is 5.61. The van der Waals surface area contributed by atoms with Gasteiger partial charge >= 0.3 is 18.5 Å². The van der Waals surface area contributed by atoms with Gasteiger partial charge in [-0.05, 0) is 79.5 Å². The zero-order valence-electron chi connectivity index (χ0n) is 25.3. The third kappa shape index (κ3) is 8.12. The summed E-state index contributed by atoms with van der Waals surface area (Å²) in [5.74, 6) is -1.22. The lowest BCUT2D eigenvalue weighted by atomic mass is 9.76. The average Bonchev–Trinajstić information content (AvgIpc) is 3.39. The van der Waals surface area contributed by atoms with Gasteiger partial charge in [-0.2, -0.15) is 23.1 Å². The maximum absolute atomic E-state index is 14.7. The van der Waals surface area contributed by atoms with E-state index in [9.17, 15) is 31.1 Å². The number of carbonyl (C=O) groups is 1. The molecule has 3 N–H and O–H groups in total. The number of hydrogen-bond acceptors (Lipinski definition) is 9. The second-order valence-corrected chi connectivity index (χ2v) is 12.0. The smallest absolute Gasteiger partial charge is 0.465 e. The van der Waals surface area contributed by atoms with Gasteiger partial charge in [-0.3, -0.25) is 4.79 Å². The lowest BCUT2D eigenvalue weighted by molar-refractivity contribution is -0.274. The first-order chi connectivity index (χ1) is 22.1. The number of nitrogens with zero attached hydrogens (tertiary/aromatic N) is 3. The number of piperidine rings is 1. The number of nitrogens with one attached hydrogen (secondary N) is 1. The molecular weight excluding hydrogens is 656 g/mol. The summed E-state index contributed by atoms with van der Waals surface area (Å²) in [6.45, 7) is 5.02. The van der Waals surface area contributed by atoms with Crippen molar-refractivity contribution in [2.24, 2.45) is 5.41 Å². The van der Waals surface area contributed by atoms with Crippen LogP contribution in [0.5, 0.6) is 11.6 Å². The molecule has 2 saturated heterocycles. The first kappa shape index (κ1) is 34.4. The van der Waals surface area contributed by atoms with Gasteiger partial charge in [0.25, 0.3) is 0 Å². The van der Waals surface area contributed by atoms with Crippen molar-refractivity contribution in [3.8, 4) is 22.8 Å². The topological polar surface area (TPSA) is 112 Å². The molecule has 0 bridgehead atoms. The number of carbonyl (C=O) groups excluding carboxylic acids is 1. The van der Waals surface area contributed by atoms with Crippen molar-refractivity contribution >= 4 is 29.3 Å². The Balaban J connectivity index is 1.39. The normalized spacial score (nSPS) is 18.7. The number of esters is 1. The maximum atomic E-state index is 14.7. The van der Waals surface area contributed by atoms with Gasteiger partial charge in [0.1, 0.15) is 17.6 Å². The SMILES string of the molecule is CCOC(=O)[C@@H]1CC2(CCN(c3cc(OC(c4ccc(Cl)cc4-c4ccc(OC(F)(F)F)c(C)c4)C(F)(F)F)nc(N)n3)CC2)CN1. The number of ether oxygens (including phenoxy) is 3. The Kier molecular flexibility index (Phi) is 9.69. The molecule has 2 atom stereocenters. The van der Waals surface area contributed by atoms with Crippen molar-refractivity contribution in [1.82, 2.24) is 15.3 Å². The Morgan fingerprint density at radius 3 is 2.47 bits per heavy atom. The third-order valence-electron chi connectivity index (χ3n) is 8.33. The van der Waals surface area contributed by atoms with E-state index in [0.717, 1.165) is 12.1 Å². The summed E-state index contributed by atoms with van der Waals surface area (Å²) in [6.07, 6.45) is -10.5. The van der Waals surface area contributed by atoms with E-state index < -0.39 is 30.3 Å². The van der Waals surface area contributed by atoms with Crippen LogP contribution in [0.4, 0.5) is 38.1 Å². The molecule has 254 valence electrons. The Morgan fingerprint density at radius 2 is 1.83 bits per heavy atom. The zero-order valence-corrected chi connectivity index (χ0v) is 26.1. The van der Waals surface area contributed by atoms with E-state index in [4.69, 9.17) is 26.8 Å². The number of benzene rings is 2. The molecule has 0 amide bonds. The lowest BCUT2D eigenvalue weighted by Gasteiger charge is -2.39. The van der Waals surface area contributed by atoms with Crippen molar-refractivity contribution in [3.63, 3.8) is 0 Å². The molecule has 2 aromatic carbocycles. The first-order valence-corrected chi connectivity index (χ1v) is 15.1. The van der Waals surface area contributed by atoms with Crippen LogP contribution in [0, 0.1) is 12.3 Å². The molecule has 16 heteroatoms. The van der Waals surface area contributed by atoms with Gasteiger partial charge in [-0.25, -0.2) is 0 Å². The minimum atomic E-state index is -4.96. The molecule has 3 aromatic rings. The molecular formula is C31H32ClF6N5O4. The first-order valence-electron chi connectivity index (χ1n) is 14.7. The fraction of sp³-hybridized carbons (Fsp3) is 0.452. The molecule has 3 heterocycles. The summed E-state index contributed by atoms with van der Waals surface area (Å²) in [5, 5.41) is 3.33. The molecule has 9 nitrogen and oxygen atoms in total. The highest BCUT2D eigenvalue weighted by Crippen LogP contribution is 2.44. The van der Waals surface area contributed by atoms with E-state index in [1.54, 1.807) is 6.92 Å². The Hall–Kier alpha value is -3.98. The minimum Gasteiger partial charge on any atom is -0.465 e. The number of anilines is 2. The molecule has 0 saturated carbocycles. The predicted molar refractivity (Wildman–Crippen MR) is 161 cm³/mol. The van der Waals surface area contributed by atoms with Crippen molar-refractivity contribution < 1.29 is 45.3 Å². The molecule has 47 heavy (non-hydrogen) atoms. The predicted octanol–water partition coefficient (Wildman–Crippen LogP) is 6.78. The third-order valence-corrected chi connectivity index (χ3v) is 8.57. The van der Waals surface area contributed by atoms with E-state index in [-0.39, 0.29) is 56.5 Å². The van der Waals surface area contributed by atoms with Crippen molar-refractivity contribution in [1.29, 1.82) is 0 Å². The average molecular weight is 688 g/mol. The van der Waals surface area contributed by atoms with Crippen LogP contribution in [-0.4, -0.2) is 60.8 Å². The molecule has 1 spiro atoms. The minimum absolute atomic E-state index is 0.0173. The summed E-state index contributed by atoms with van der Waals surface area (Å²) >= 11 is 6.15. The van der Waals surface area contributed by atoms with Crippen LogP contribution >= 0.6 is 11.6 Å². The zero-order chi connectivity index (χ0) is 34.1. The van der Waals surface area contributed by atoms with Crippen LogP contribution in [0.15, 0.2) is 42.5 Å². The second-order valence-electron chi connectivity index (χ2n) is 11.6. The summed E-state index contributed by atoms with van der Waals surface area (Å²) in [6, 6.07) is 8.05. The van der Waals surface area contributed by atoms with Gasteiger partial charge in [0, 0.05) is 36.3 Å². The Labute approximate surface area is 271 Å². The van der Waals surface area contributed by atoms with Crippen LogP contribution in [0.2, 0.25) is 5.02 Å². The second kappa shape index (κ2) is 13.3. The fourth-order valence-electron chi connectivity index (χ4n) is 6.06. The van der Waals surface area contributed by atoms with Gasteiger partial charge < -0.3 is 30.2 Å². The van der Waals surface area contributed by atoms with Crippen molar-refractivity contribution in [2.45, 2.75) is 57.8 Å². The van der Waals surface area contributed by atoms with Gasteiger partial charge in [0.05, 0.1) is 6.61 Å². The van der Waals surface area contributed by atoms with Crippen molar-refractivity contribution in [3.05, 3.63) is 58.6 Å². The fourth-order valence-corrected chi connectivity index (χ4v) is 6.23. The van der Waals surface area contributed by atoms with Gasteiger partial charge in [0.2, 0.25) is 17.9 Å². The summed E-state index contributed by atoms with van der Waals surface area (Å²) in [4.78, 5) is 22.2. The van der Waals surface area contributed by atoms with Crippen molar-refractivity contribution in [2.75, 3.05) is 36.9 Å². The Morgan fingerprint density at radius 1 is 1.11 bits per heavy atom. The summed E-state index contributed by atoms with van der Waals surface area (Å²) in [7, 11) is 0. The Bertz CT molecular complexity index is 1610. The highest BCUT2D eigenvalue weighted by Gasteiger charge is 2.46. The molecule has 5 rings (SSSR count). The van der Waals surface area contributed by atoms with Gasteiger partial charge in [-0.15, -0.1) is 13.2 Å².